The largest absolute Gasteiger partial charge is 0.394 e. The number of alkyl halides is 1. The van der Waals surface area contributed by atoms with E-state index >= 15 is 0 Å². The molecule has 0 saturated carbocycles. The number of aliphatic hydroxyl groups is 4. The van der Waals surface area contributed by atoms with E-state index in [0.29, 0.717) is 6.42 Å². The summed E-state index contributed by atoms with van der Waals surface area (Å²) in [7, 11) is 1.23. The van der Waals surface area contributed by atoms with E-state index in [1.165, 1.54) is 7.11 Å². The van der Waals surface area contributed by atoms with Crippen LogP contribution in [0.2, 0.25) is 0 Å². The van der Waals surface area contributed by atoms with Crippen molar-refractivity contribution >= 4 is 17.6 Å². The molecular weight excluding hydrogens is 344 g/mol. The molecule has 9 nitrogen and oxygen atoms in total. The van der Waals surface area contributed by atoms with Gasteiger partial charge in [0, 0.05) is 26.1 Å². The van der Waals surface area contributed by atoms with Crippen molar-refractivity contribution in [2.75, 3.05) is 32.7 Å². The Kier molecular flexibility index (Phi) is 8.65. The second-order valence-electron chi connectivity index (χ2n) is 5.57. The van der Waals surface area contributed by atoms with Crippen LogP contribution in [0.5, 0.6) is 0 Å². The molecule has 10 heteroatoms. The molecule has 5 atom stereocenters. The molecule has 0 aromatic heterocycles. The monoisotopic (exact) mass is 370 g/mol. The molecule has 0 aromatic carbocycles. The van der Waals surface area contributed by atoms with Crippen molar-refractivity contribution in [1.29, 1.82) is 0 Å². The van der Waals surface area contributed by atoms with Gasteiger partial charge in [0.15, 0.2) is 0 Å². The van der Waals surface area contributed by atoms with Crippen LogP contribution >= 0.6 is 11.6 Å². The Hall–Kier alpha value is -0.680. The molecule has 0 aromatic rings. The zero-order valence-electron chi connectivity index (χ0n) is 13.9. The molecule has 0 spiro atoms. The van der Waals surface area contributed by atoms with Gasteiger partial charge in [-0.25, -0.2) is 4.79 Å². The van der Waals surface area contributed by atoms with Crippen LogP contribution in [0.1, 0.15) is 19.8 Å². The maximum absolute atomic E-state index is 12.4. The molecule has 2 amide bonds. The number of unbranched alkanes of at least 4 members (excludes halogenated alkanes) is 1. The predicted molar refractivity (Wildman–Crippen MR) is 85.5 cm³/mol. The Bertz CT molecular complexity index is 399. The van der Waals surface area contributed by atoms with E-state index in [0.717, 1.165) is 11.3 Å². The summed E-state index contributed by atoms with van der Waals surface area (Å²) in [5, 5.41) is 43.3. The van der Waals surface area contributed by atoms with Gasteiger partial charge in [0.2, 0.25) is 12.0 Å². The van der Waals surface area contributed by atoms with Crippen molar-refractivity contribution in [3.63, 3.8) is 0 Å². The highest BCUT2D eigenvalue weighted by molar-refractivity contribution is 6.18. The highest BCUT2D eigenvalue weighted by atomic mass is 35.5. The number of amides is 2. The van der Waals surface area contributed by atoms with E-state index in [9.17, 15) is 25.2 Å². The summed E-state index contributed by atoms with van der Waals surface area (Å²) in [4.78, 5) is 13.4. The standard InChI is InChI=1S/C14H27ClN2O7/c1-3-4-7-17(13(21)16-6-5-15)14(22)11(20)10(19)9(8-18)24-12(14)23-2/h9-12,18-20,22H,3-8H2,1-2H3,(H,16,21)/t9-,10-,11+,12+,14+/m1/s1. The topological polar surface area (TPSA) is 132 Å². The van der Waals surface area contributed by atoms with Gasteiger partial charge in [-0.05, 0) is 6.42 Å². The van der Waals surface area contributed by atoms with Gasteiger partial charge in [-0.3, -0.25) is 4.90 Å². The number of hydrogen-bond donors (Lipinski definition) is 5. The van der Waals surface area contributed by atoms with Crippen LogP contribution in [-0.4, -0.2) is 94.4 Å². The molecule has 142 valence electrons. The Morgan fingerprint density at radius 1 is 1.46 bits per heavy atom. The first-order valence-electron chi connectivity index (χ1n) is 7.87. The fraction of sp³-hybridized carbons (Fsp3) is 0.929. The number of rotatable bonds is 8. The lowest BCUT2D eigenvalue weighted by atomic mass is 9.91. The molecule has 24 heavy (non-hydrogen) atoms. The number of ether oxygens (including phenoxy) is 2. The first-order valence-corrected chi connectivity index (χ1v) is 8.40. The van der Waals surface area contributed by atoms with E-state index in [-0.39, 0.29) is 19.0 Å². The van der Waals surface area contributed by atoms with Gasteiger partial charge in [0.1, 0.15) is 18.3 Å². The van der Waals surface area contributed by atoms with Crippen molar-refractivity contribution in [2.24, 2.45) is 0 Å². The third-order valence-corrected chi connectivity index (χ3v) is 4.15. The molecular formula is C14H27ClN2O7. The average molecular weight is 371 g/mol. The molecule has 0 bridgehead atoms. The van der Waals surface area contributed by atoms with Crippen LogP contribution in [-0.2, 0) is 9.47 Å². The van der Waals surface area contributed by atoms with Crippen molar-refractivity contribution in [2.45, 2.75) is 50.1 Å². The van der Waals surface area contributed by atoms with Gasteiger partial charge >= 0.3 is 6.03 Å². The smallest absolute Gasteiger partial charge is 0.319 e. The normalized spacial score (nSPS) is 33.3. The number of methoxy groups -OCH3 is 1. The molecule has 5 N–H and O–H groups in total. The number of nitrogens with one attached hydrogen (secondary N) is 1. The van der Waals surface area contributed by atoms with Crippen LogP contribution < -0.4 is 5.32 Å². The average Bonchev–Trinajstić information content (AvgIpc) is 2.58. The van der Waals surface area contributed by atoms with Crippen molar-refractivity contribution in [3.8, 4) is 0 Å². The molecule has 1 aliphatic rings. The zero-order chi connectivity index (χ0) is 18.3. The maximum Gasteiger partial charge on any atom is 0.319 e. The van der Waals surface area contributed by atoms with Crippen molar-refractivity contribution in [3.05, 3.63) is 0 Å². The number of carbonyl (C=O) groups is 1. The highest BCUT2D eigenvalue weighted by Crippen LogP contribution is 2.34. The molecule has 0 unspecified atom stereocenters. The van der Waals surface area contributed by atoms with E-state index < -0.39 is 43.0 Å². The van der Waals surface area contributed by atoms with Gasteiger partial charge in [-0.15, -0.1) is 11.6 Å². The first-order chi connectivity index (χ1) is 11.4. The predicted octanol–water partition coefficient (Wildman–Crippen LogP) is -1.19. The number of aliphatic hydroxyl groups excluding tert-OH is 3. The lowest BCUT2D eigenvalue weighted by molar-refractivity contribution is -0.367. The second kappa shape index (κ2) is 9.71. The van der Waals surface area contributed by atoms with E-state index in [1.54, 1.807) is 0 Å². The zero-order valence-corrected chi connectivity index (χ0v) is 14.6. The van der Waals surface area contributed by atoms with Gasteiger partial charge in [-0.2, -0.15) is 0 Å². The van der Waals surface area contributed by atoms with Crippen molar-refractivity contribution in [1.82, 2.24) is 10.2 Å². The Balaban J connectivity index is 3.15. The molecule has 0 radical (unpaired) electrons. The third-order valence-electron chi connectivity index (χ3n) is 3.96. The Labute approximate surface area is 146 Å². The van der Waals surface area contributed by atoms with Gasteiger partial charge in [0.25, 0.3) is 0 Å². The molecule has 1 fully saturated rings. The molecule has 1 rings (SSSR count). The minimum absolute atomic E-state index is 0.0951. The lowest BCUT2D eigenvalue weighted by Crippen LogP contribution is -2.75. The molecule has 0 aliphatic carbocycles. The molecule has 1 saturated heterocycles. The minimum Gasteiger partial charge on any atom is -0.394 e. The van der Waals surface area contributed by atoms with Gasteiger partial charge in [0.05, 0.1) is 6.61 Å². The van der Waals surface area contributed by atoms with Gasteiger partial charge in [-0.1, -0.05) is 13.3 Å². The van der Waals surface area contributed by atoms with E-state index in [2.05, 4.69) is 5.32 Å². The number of nitrogens with zero attached hydrogens (tertiary/aromatic N) is 1. The number of halogens is 1. The first kappa shape index (κ1) is 21.4. The van der Waals surface area contributed by atoms with E-state index in [4.69, 9.17) is 21.1 Å². The van der Waals surface area contributed by atoms with Crippen LogP contribution in [0.25, 0.3) is 0 Å². The highest BCUT2D eigenvalue weighted by Gasteiger charge is 2.59. The lowest BCUT2D eigenvalue weighted by Gasteiger charge is -2.51. The fourth-order valence-corrected chi connectivity index (χ4v) is 2.70. The summed E-state index contributed by atoms with van der Waals surface area (Å²) in [5.41, 5.74) is -2.33. The number of urea groups is 1. The van der Waals surface area contributed by atoms with Crippen LogP contribution in [0.4, 0.5) is 4.79 Å². The molecule has 1 aliphatic heterocycles. The Morgan fingerprint density at radius 3 is 2.62 bits per heavy atom. The fourth-order valence-electron chi connectivity index (χ4n) is 2.61. The maximum atomic E-state index is 12.4. The molecule has 1 heterocycles. The SMILES string of the molecule is CCCCN(C(=O)NCCCl)[C@@]1(O)[C@@H](OC)O[C@H](CO)[C@@H](O)[C@@H]1O. The van der Waals surface area contributed by atoms with Crippen LogP contribution in [0, 0.1) is 0 Å². The Morgan fingerprint density at radius 2 is 2.12 bits per heavy atom. The minimum atomic E-state index is -2.33. The van der Waals surface area contributed by atoms with Gasteiger partial charge < -0.3 is 35.2 Å². The summed E-state index contributed by atoms with van der Waals surface area (Å²) >= 11 is 5.56. The van der Waals surface area contributed by atoms with E-state index in [1.807, 2.05) is 6.92 Å². The summed E-state index contributed by atoms with van der Waals surface area (Å²) in [6.07, 6.45) is -4.73. The number of carbonyl (C=O) groups excluding carboxylic acids is 1. The van der Waals surface area contributed by atoms with Crippen molar-refractivity contribution < 1.29 is 34.7 Å². The summed E-state index contributed by atoms with van der Waals surface area (Å²) in [6, 6.07) is -0.675. The summed E-state index contributed by atoms with van der Waals surface area (Å²) in [5.74, 6) is 0.174. The van der Waals surface area contributed by atoms with Crippen LogP contribution in [0.3, 0.4) is 0 Å². The third kappa shape index (κ3) is 4.29. The second-order valence-corrected chi connectivity index (χ2v) is 5.95. The summed E-state index contributed by atoms with van der Waals surface area (Å²) < 4.78 is 10.4. The number of hydrogen-bond acceptors (Lipinski definition) is 7. The van der Waals surface area contributed by atoms with Crippen LogP contribution in [0.15, 0.2) is 0 Å². The summed E-state index contributed by atoms with van der Waals surface area (Å²) in [6.45, 7) is 1.58. The quantitative estimate of drug-likeness (QED) is 0.268.